The lowest BCUT2D eigenvalue weighted by molar-refractivity contribution is 0.280. The minimum absolute atomic E-state index is 0. The maximum absolute atomic E-state index is 6.27. The molecule has 0 aliphatic heterocycles. The molecule has 3 rings (SSSR count). The molecule has 0 saturated heterocycles. The van der Waals surface area contributed by atoms with E-state index in [0.717, 1.165) is 23.4 Å². The Kier molecular flexibility index (Phi) is 8.65. The normalized spacial score (nSPS) is 10.2. The number of methoxy groups -OCH3 is 1. The van der Waals surface area contributed by atoms with E-state index in [0.29, 0.717) is 23.9 Å². The topological polar surface area (TPSA) is 30.5 Å². The highest BCUT2D eigenvalue weighted by Gasteiger charge is 2.13. The van der Waals surface area contributed by atoms with Crippen LogP contribution >= 0.6 is 24.0 Å². The third-order valence-corrected chi connectivity index (χ3v) is 4.53. The van der Waals surface area contributed by atoms with Crippen LogP contribution in [0.2, 0.25) is 5.02 Å². The van der Waals surface area contributed by atoms with Gasteiger partial charge in [0.05, 0.1) is 7.11 Å². The molecule has 0 aliphatic rings. The highest BCUT2D eigenvalue weighted by Crippen LogP contribution is 2.35. The number of rotatable bonds is 8. The molecule has 0 amide bonds. The lowest BCUT2D eigenvalue weighted by Crippen LogP contribution is -2.14. The first-order valence-corrected chi connectivity index (χ1v) is 9.33. The third-order valence-electron chi connectivity index (χ3n) is 4.31. The fourth-order valence-electron chi connectivity index (χ4n) is 2.85. The van der Waals surface area contributed by atoms with Crippen LogP contribution in [-0.4, -0.2) is 7.11 Å². The molecule has 0 aliphatic carbocycles. The Bertz CT molecular complexity index is 868. The van der Waals surface area contributed by atoms with Gasteiger partial charge < -0.3 is 14.8 Å². The molecule has 0 unspecified atom stereocenters. The summed E-state index contributed by atoms with van der Waals surface area (Å²) in [5.41, 5.74) is 4.58. The molecular weight excluding hydrogens is 393 g/mol. The van der Waals surface area contributed by atoms with Crippen LogP contribution in [-0.2, 0) is 19.7 Å². The van der Waals surface area contributed by atoms with Crippen LogP contribution in [0.1, 0.15) is 22.3 Å². The van der Waals surface area contributed by atoms with Gasteiger partial charge in [-0.25, -0.2) is 0 Å². The predicted molar refractivity (Wildman–Crippen MR) is 118 cm³/mol. The molecule has 3 aromatic rings. The number of nitrogens with one attached hydrogen (secondary N) is 1. The van der Waals surface area contributed by atoms with Crippen LogP contribution in [0.5, 0.6) is 11.5 Å². The van der Waals surface area contributed by atoms with Crippen molar-refractivity contribution in [2.75, 3.05) is 7.11 Å². The fraction of sp³-hybridized carbons (Fsp3) is 0.217. The smallest absolute Gasteiger partial charge is 0.166 e. The average molecular weight is 418 g/mol. The molecule has 28 heavy (non-hydrogen) atoms. The van der Waals surface area contributed by atoms with Gasteiger partial charge in [0.1, 0.15) is 6.61 Å². The summed E-state index contributed by atoms with van der Waals surface area (Å²) in [5.74, 6) is 1.37. The zero-order valence-electron chi connectivity index (χ0n) is 16.1. The lowest BCUT2D eigenvalue weighted by Gasteiger charge is -2.16. The summed E-state index contributed by atoms with van der Waals surface area (Å²) in [5, 5.41) is 4.09. The molecule has 0 bridgehead atoms. The van der Waals surface area contributed by atoms with E-state index in [1.165, 1.54) is 11.1 Å². The van der Waals surface area contributed by atoms with E-state index in [1.807, 2.05) is 36.4 Å². The molecule has 0 spiro atoms. The quantitative estimate of drug-likeness (QED) is 0.491. The van der Waals surface area contributed by atoms with Gasteiger partial charge in [-0.15, -0.1) is 12.4 Å². The number of ether oxygens (including phenoxy) is 2. The van der Waals surface area contributed by atoms with Crippen molar-refractivity contribution in [3.05, 3.63) is 94.0 Å². The summed E-state index contributed by atoms with van der Waals surface area (Å²) in [6, 6.07) is 22.3. The van der Waals surface area contributed by atoms with Gasteiger partial charge in [0.2, 0.25) is 0 Å². The summed E-state index contributed by atoms with van der Waals surface area (Å²) in [6.07, 6.45) is 0. The Morgan fingerprint density at radius 2 is 1.61 bits per heavy atom. The van der Waals surface area contributed by atoms with Crippen molar-refractivity contribution in [1.29, 1.82) is 0 Å². The SMILES string of the molecule is COc1cc(Cl)cc(CNCc2ccc(C)cc2)c1OCc1ccccc1.Cl. The number of halogens is 2. The second kappa shape index (κ2) is 11.0. The maximum Gasteiger partial charge on any atom is 0.166 e. The average Bonchev–Trinajstić information content (AvgIpc) is 2.69. The van der Waals surface area contributed by atoms with Gasteiger partial charge in [0, 0.05) is 29.7 Å². The van der Waals surface area contributed by atoms with Crippen LogP contribution in [0.25, 0.3) is 0 Å². The van der Waals surface area contributed by atoms with Gasteiger partial charge in [-0.2, -0.15) is 0 Å². The minimum Gasteiger partial charge on any atom is -0.493 e. The van der Waals surface area contributed by atoms with Crippen molar-refractivity contribution >= 4 is 24.0 Å². The Balaban J connectivity index is 0.00000280. The molecule has 0 fully saturated rings. The number of benzene rings is 3. The molecule has 3 aromatic carbocycles. The van der Waals surface area contributed by atoms with Gasteiger partial charge in [0.15, 0.2) is 11.5 Å². The molecule has 0 heterocycles. The highest BCUT2D eigenvalue weighted by atomic mass is 35.5. The largest absolute Gasteiger partial charge is 0.493 e. The maximum atomic E-state index is 6.27. The van der Waals surface area contributed by atoms with Crippen LogP contribution in [0.3, 0.4) is 0 Å². The first kappa shape index (κ1) is 22.1. The van der Waals surface area contributed by atoms with Crippen molar-refractivity contribution in [3.8, 4) is 11.5 Å². The van der Waals surface area contributed by atoms with Gasteiger partial charge in [-0.1, -0.05) is 71.8 Å². The van der Waals surface area contributed by atoms with E-state index in [2.05, 4.69) is 36.5 Å². The number of aryl methyl sites for hydroxylation is 1. The van der Waals surface area contributed by atoms with E-state index < -0.39 is 0 Å². The fourth-order valence-corrected chi connectivity index (χ4v) is 3.08. The van der Waals surface area contributed by atoms with Crippen molar-refractivity contribution in [1.82, 2.24) is 5.32 Å². The molecule has 0 saturated carbocycles. The van der Waals surface area contributed by atoms with E-state index in [4.69, 9.17) is 21.1 Å². The van der Waals surface area contributed by atoms with Crippen molar-refractivity contribution < 1.29 is 9.47 Å². The second-order valence-corrected chi connectivity index (χ2v) is 6.90. The van der Waals surface area contributed by atoms with Gasteiger partial charge >= 0.3 is 0 Å². The summed E-state index contributed by atoms with van der Waals surface area (Å²) in [7, 11) is 1.63. The molecular formula is C23H25Cl2NO2. The van der Waals surface area contributed by atoms with E-state index >= 15 is 0 Å². The molecule has 148 valence electrons. The predicted octanol–water partition coefficient (Wildman–Crippen LogP) is 5.95. The van der Waals surface area contributed by atoms with Gasteiger partial charge in [0.25, 0.3) is 0 Å². The highest BCUT2D eigenvalue weighted by molar-refractivity contribution is 6.30. The van der Waals surface area contributed by atoms with E-state index in [-0.39, 0.29) is 12.4 Å². The third kappa shape index (κ3) is 6.16. The summed E-state index contributed by atoms with van der Waals surface area (Å²) < 4.78 is 11.6. The van der Waals surface area contributed by atoms with E-state index in [9.17, 15) is 0 Å². The Morgan fingerprint density at radius 1 is 0.893 bits per heavy atom. The Labute approximate surface area is 178 Å². The summed E-state index contributed by atoms with van der Waals surface area (Å²) in [6.45, 7) is 3.97. The first-order valence-electron chi connectivity index (χ1n) is 8.95. The van der Waals surface area contributed by atoms with E-state index in [1.54, 1.807) is 13.2 Å². The monoisotopic (exact) mass is 417 g/mol. The summed E-state index contributed by atoms with van der Waals surface area (Å²) in [4.78, 5) is 0. The second-order valence-electron chi connectivity index (χ2n) is 6.46. The van der Waals surface area contributed by atoms with Gasteiger partial charge in [-0.05, 0) is 24.1 Å². The molecule has 0 radical (unpaired) electrons. The molecule has 0 atom stereocenters. The molecule has 3 nitrogen and oxygen atoms in total. The number of hydrogen-bond acceptors (Lipinski definition) is 3. The minimum atomic E-state index is 0. The molecule has 5 heteroatoms. The number of hydrogen-bond donors (Lipinski definition) is 1. The van der Waals surface area contributed by atoms with Gasteiger partial charge in [-0.3, -0.25) is 0 Å². The zero-order valence-corrected chi connectivity index (χ0v) is 17.6. The van der Waals surface area contributed by atoms with Crippen LogP contribution < -0.4 is 14.8 Å². The van der Waals surface area contributed by atoms with Crippen molar-refractivity contribution in [3.63, 3.8) is 0 Å². The van der Waals surface area contributed by atoms with Crippen molar-refractivity contribution in [2.24, 2.45) is 0 Å². The summed E-state index contributed by atoms with van der Waals surface area (Å²) >= 11 is 6.27. The van der Waals surface area contributed by atoms with Crippen molar-refractivity contribution in [2.45, 2.75) is 26.6 Å². The zero-order chi connectivity index (χ0) is 19.1. The van der Waals surface area contributed by atoms with Crippen LogP contribution in [0, 0.1) is 6.92 Å². The lowest BCUT2D eigenvalue weighted by atomic mass is 10.1. The Morgan fingerprint density at radius 3 is 2.29 bits per heavy atom. The van der Waals surface area contributed by atoms with Crippen LogP contribution in [0.4, 0.5) is 0 Å². The first-order chi connectivity index (χ1) is 13.2. The van der Waals surface area contributed by atoms with Crippen LogP contribution in [0.15, 0.2) is 66.7 Å². The molecule has 0 aromatic heterocycles. The Hall–Kier alpha value is -2.20. The molecule has 1 N–H and O–H groups in total. The standard InChI is InChI=1S/C23H24ClNO2.ClH/c1-17-8-10-18(11-9-17)14-25-15-20-12-21(24)13-22(26-2)23(20)27-16-19-6-4-3-5-7-19;/h3-13,25H,14-16H2,1-2H3;1H.